The lowest BCUT2D eigenvalue weighted by Gasteiger charge is -2.48. The average Bonchev–Trinajstić information content (AvgIpc) is 3.57. The minimum atomic E-state index is -5.29. The third kappa shape index (κ3) is 4.94. The molecule has 0 aromatic heterocycles. The summed E-state index contributed by atoms with van der Waals surface area (Å²) in [4.78, 5) is 50.6. The third-order valence-corrected chi connectivity index (χ3v) is 8.36. The lowest BCUT2D eigenvalue weighted by Crippen LogP contribution is -2.77. The number of amides is 3. The first-order valence-electron chi connectivity index (χ1n) is 13.7. The van der Waals surface area contributed by atoms with Crippen LogP contribution in [0.25, 0.3) is 0 Å². The number of imide groups is 1. The minimum absolute atomic E-state index is 0.0549. The van der Waals surface area contributed by atoms with Crippen molar-refractivity contribution in [2.45, 2.75) is 42.0 Å². The summed E-state index contributed by atoms with van der Waals surface area (Å²) in [7, 11) is 0. The van der Waals surface area contributed by atoms with E-state index in [-0.39, 0.29) is 24.7 Å². The van der Waals surface area contributed by atoms with Gasteiger partial charge in [-0.1, -0.05) is 18.2 Å². The van der Waals surface area contributed by atoms with Crippen LogP contribution in [0.3, 0.4) is 0 Å². The second-order valence-electron chi connectivity index (χ2n) is 11.1. The van der Waals surface area contributed by atoms with Gasteiger partial charge in [0.05, 0.1) is 35.8 Å². The summed E-state index contributed by atoms with van der Waals surface area (Å²) in [5.74, 6) is -6.75. The Kier molecular flexibility index (Phi) is 7.09. The van der Waals surface area contributed by atoms with Crippen molar-refractivity contribution in [2.75, 3.05) is 24.5 Å². The van der Waals surface area contributed by atoms with E-state index in [0.717, 1.165) is 9.80 Å². The number of aliphatic hydroxyl groups is 2. The standard InChI is InChI=1S/C27H24F6N8O6/c28-26(29,30)12-6-7-15(27(31,32)33)14(8-12)20(43)47-17-10-41-22(35)36-16(19-24(41,25(17,45)46)38-21(34)37-19)9-40-18(42)11-39(23(40)44)13-4-2-1-3-5-13/h1-8,16-17,19,45-46H,9-11H2,(H2,35,36)(H3,34,37,38)/t16?,17-,19?,24?/m0/s1. The number of hydrogen-bond donors (Lipinski definition) is 5. The molecule has 2 saturated heterocycles. The maximum atomic E-state index is 13.7. The minimum Gasteiger partial charge on any atom is -0.451 e. The summed E-state index contributed by atoms with van der Waals surface area (Å²) >= 11 is 0. The van der Waals surface area contributed by atoms with E-state index in [2.05, 4.69) is 15.3 Å². The maximum absolute atomic E-state index is 13.7. The third-order valence-electron chi connectivity index (χ3n) is 8.36. The molecule has 0 aliphatic carbocycles. The highest BCUT2D eigenvalue weighted by Crippen LogP contribution is 2.46. The van der Waals surface area contributed by atoms with E-state index in [1.165, 1.54) is 4.90 Å². The van der Waals surface area contributed by atoms with E-state index in [1.54, 1.807) is 30.3 Å². The predicted molar refractivity (Wildman–Crippen MR) is 147 cm³/mol. The molecule has 14 nitrogen and oxygen atoms in total. The van der Waals surface area contributed by atoms with E-state index in [4.69, 9.17) is 16.2 Å². The molecule has 3 unspecified atom stereocenters. The second-order valence-corrected chi connectivity index (χ2v) is 11.1. The molecular weight excluding hydrogens is 646 g/mol. The van der Waals surface area contributed by atoms with Crippen molar-refractivity contribution in [1.82, 2.24) is 15.1 Å². The molecule has 2 aromatic rings. The molecule has 1 spiro atoms. The highest BCUT2D eigenvalue weighted by molar-refractivity contribution is 6.12. The molecule has 250 valence electrons. The first-order chi connectivity index (χ1) is 21.9. The molecule has 0 saturated carbocycles. The number of guanidine groups is 2. The fraction of sp³-hybridized carbons (Fsp3) is 0.370. The molecule has 4 heterocycles. The lowest BCUT2D eigenvalue weighted by atomic mass is 9.85. The molecule has 2 aromatic carbocycles. The number of benzene rings is 2. The number of carbonyl (C=O) groups is 3. The summed E-state index contributed by atoms with van der Waals surface area (Å²) in [6.07, 6.45) is -12.6. The van der Waals surface area contributed by atoms with Gasteiger partial charge in [-0.15, -0.1) is 0 Å². The van der Waals surface area contributed by atoms with Crippen LogP contribution in [0.15, 0.2) is 58.5 Å². The van der Waals surface area contributed by atoms with Gasteiger partial charge in [-0.2, -0.15) is 26.3 Å². The maximum Gasteiger partial charge on any atom is 0.417 e. The largest absolute Gasteiger partial charge is 0.451 e. The summed E-state index contributed by atoms with van der Waals surface area (Å²) in [5.41, 5.74) is 5.27. The molecule has 2 fully saturated rings. The summed E-state index contributed by atoms with van der Waals surface area (Å²) < 4.78 is 86.1. The number of para-hydroxylation sites is 1. The monoisotopic (exact) mass is 670 g/mol. The number of urea groups is 1. The number of nitrogens with two attached hydrogens (primary N) is 2. The molecule has 4 aliphatic heterocycles. The Morgan fingerprint density at radius 2 is 1.70 bits per heavy atom. The number of esters is 1. The molecule has 4 aliphatic rings. The summed E-state index contributed by atoms with van der Waals surface area (Å²) in [5, 5.41) is 25.6. The number of aliphatic imine (C=N–C) groups is 2. The molecule has 0 bridgehead atoms. The first-order valence-corrected chi connectivity index (χ1v) is 13.7. The number of carbonyl (C=O) groups excluding carboxylic acids is 3. The van der Waals surface area contributed by atoms with Gasteiger partial charge in [-0.05, 0) is 30.3 Å². The quantitative estimate of drug-likeness (QED) is 0.128. The van der Waals surface area contributed by atoms with Crippen LogP contribution in [0.2, 0.25) is 0 Å². The van der Waals surface area contributed by atoms with Crippen LogP contribution < -0.4 is 21.7 Å². The molecule has 20 heteroatoms. The van der Waals surface area contributed by atoms with Crippen molar-refractivity contribution in [3.8, 4) is 0 Å². The van der Waals surface area contributed by atoms with E-state index in [1.807, 2.05) is 0 Å². The molecule has 6 rings (SSSR count). The van der Waals surface area contributed by atoms with Gasteiger partial charge in [-0.25, -0.2) is 19.6 Å². The molecule has 7 N–H and O–H groups in total. The zero-order chi connectivity index (χ0) is 34.3. The normalized spacial score (nSPS) is 26.9. The first kappa shape index (κ1) is 31.9. The SMILES string of the molecule is NC1=NC2C(CN3C(=O)CN(c4ccccc4)C3=O)N=C(N)N3C[C@H](OC(=O)c4cc(C(F)(F)F)ccc4C(F)(F)F)C(O)(O)C23N1. The average molecular weight is 671 g/mol. The van der Waals surface area contributed by atoms with Gasteiger partial charge in [-0.3, -0.25) is 14.6 Å². The van der Waals surface area contributed by atoms with Gasteiger partial charge in [0.25, 0.3) is 5.91 Å². The Labute approximate surface area is 259 Å². The fourth-order valence-corrected chi connectivity index (χ4v) is 6.22. The van der Waals surface area contributed by atoms with Gasteiger partial charge >= 0.3 is 24.4 Å². The topological polar surface area (TPSA) is 199 Å². The van der Waals surface area contributed by atoms with Gasteiger partial charge in [0.1, 0.15) is 12.6 Å². The van der Waals surface area contributed by atoms with E-state index < -0.39 is 102 Å². The number of nitrogens with one attached hydrogen (secondary N) is 1. The van der Waals surface area contributed by atoms with Gasteiger partial charge < -0.3 is 36.6 Å². The number of halogens is 6. The van der Waals surface area contributed by atoms with Crippen molar-refractivity contribution in [3.63, 3.8) is 0 Å². The molecule has 3 amide bonds. The van der Waals surface area contributed by atoms with Crippen molar-refractivity contribution in [1.29, 1.82) is 0 Å². The van der Waals surface area contributed by atoms with Crippen LogP contribution in [0.5, 0.6) is 0 Å². The van der Waals surface area contributed by atoms with E-state index in [9.17, 15) is 50.9 Å². The zero-order valence-electron chi connectivity index (χ0n) is 23.7. The van der Waals surface area contributed by atoms with Gasteiger partial charge in [0, 0.05) is 5.69 Å². The van der Waals surface area contributed by atoms with Crippen LogP contribution in [0.4, 0.5) is 36.8 Å². The smallest absolute Gasteiger partial charge is 0.417 e. The number of ether oxygens (including phenoxy) is 1. The Morgan fingerprint density at radius 3 is 2.34 bits per heavy atom. The van der Waals surface area contributed by atoms with Gasteiger partial charge in [0.2, 0.25) is 5.79 Å². The highest BCUT2D eigenvalue weighted by Gasteiger charge is 2.74. The van der Waals surface area contributed by atoms with E-state index in [0.29, 0.717) is 5.69 Å². The number of alkyl halides is 6. The Morgan fingerprint density at radius 1 is 1.02 bits per heavy atom. The second kappa shape index (κ2) is 10.5. The highest BCUT2D eigenvalue weighted by atomic mass is 19.4. The van der Waals surface area contributed by atoms with Crippen molar-refractivity contribution in [2.24, 2.45) is 21.5 Å². The molecule has 47 heavy (non-hydrogen) atoms. The fourth-order valence-electron chi connectivity index (χ4n) is 6.22. The lowest BCUT2D eigenvalue weighted by molar-refractivity contribution is -0.256. The van der Waals surface area contributed by atoms with E-state index >= 15 is 0 Å². The van der Waals surface area contributed by atoms with Crippen LogP contribution in [-0.2, 0) is 21.9 Å². The number of rotatable bonds is 5. The zero-order valence-corrected chi connectivity index (χ0v) is 23.7. The van der Waals surface area contributed by atoms with Crippen LogP contribution in [0.1, 0.15) is 21.5 Å². The number of nitrogens with zero attached hydrogens (tertiary/aromatic N) is 5. The number of anilines is 1. The van der Waals surface area contributed by atoms with Crippen LogP contribution >= 0.6 is 0 Å². The molecule has 4 atom stereocenters. The summed E-state index contributed by atoms with van der Waals surface area (Å²) in [6, 6.07) is 4.89. The Balaban J connectivity index is 1.30. The Bertz CT molecular complexity index is 1720. The van der Waals surface area contributed by atoms with Crippen molar-refractivity contribution >= 4 is 35.5 Å². The van der Waals surface area contributed by atoms with Crippen LogP contribution in [-0.4, -0.2) is 99.1 Å². The van der Waals surface area contributed by atoms with Crippen molar-refractivity contribution < 1.29 is 55.7 Å². The molecule has 0 radical (unpaired) electrons. The van der Waals surface area contributed by atoms with Gasteiger partial charge in [0.15, 0.2) is 23.7 Å². The van der Waals surface area contributed by atoms with Crippen LogP contribution in [0, 0.1) is 0 Å². The summed E-state index contributed by atoms with van der Waals surface area (Å²) in [6.45, 7) is -1.56. The Hall–Kier alpha value is -5.11. The predicted octanol–water partition coefficient (Wildman–Crippen LogP) is 0.395. The molecular formula is C27H24F6N8O6. The van der Waals surface area contributed by atoms with Crippen molar-refractivity contribution in [3.05, 3.63) is 65.2 Å². The number of hydrogen-bond acceptors (Lipinski definition) is 12.